The van der Waals surface area contributed by atoms with Crippen molar-refractivity contribution in [3.63, 3.8) is 0 Å². The molecule has 3 atom stereocenters. The van der Waals surface area contributed by atoms with Crippen molar-refractivity contribution in [1.82, 2.24) is 0 Å². The summed E-state index contributed by atoms with van der Waals surface area (Å²) in [5, 5.41) is 0. The highest BCUT2D eigenvalue weighted by Crippen LogP contribution is 2.27. The van der Waals surface area contributed by atoms with Gasteiger partial charge in [-0.1, -0.05) is 25.1 Å². The van der Waals surface area contributed by atoms with E-state index in [4.69, 9.17) is 15.2 Å². The van der Waals surface area contributed by atoms with Crippen molar-refractivity contribution in [1.29, 1.82) is 0 Å². The van der Waals surface area contributed by atoms with Crippen molar-refractivity contribution in [2.75, 3.05) is 6.61 Å². The van der Waals surface area contributed by atoms with Gasteiger partial charge in [0.1, 0.15) is 18.0 Å². The molecule has 0 bridgehead atoms. The first-order valence-electron chi connectivity index (χ1n) is 5.90. The quantitative estimate of drug-likeness (QED) is 0.826. The van der Waals surface area contributed by atoms with Crippen molar-refractivity contribution < 1.29 is 9.47 Å². The molecule has 0 amide bonds. The zero-order chi connectivity index (χ0) is 11.4. The van der Waals surface area contributed by atoms with Crippen molar-refractivity contribution >= 4 is 0 Å². The van der Waals surface area contributed by atoms with Gasteiger partial charge in [0, 0.05) is 19.1 Å². The molecule has 1 aromatic carbocycles. The van der Waals surface area contributed by atoms with Crippen LogP contribution >= 0.6 is 0 Å². The molecule has 3 nitrogen and oxygen atoms in total. The monoisotopic (exact) mass is 221 g/mol. The maximum absolute atomic E-state index is 5.90. The van der Waals surface area contributed by atoms with Crippen LogP contribution < -0.4 is 10.5 Å². The van der Waals surface area contributed by atoms with Crippen LogP contribution in [0.2, 0.25) is 0 Å². The minimum atomic E-state index is 0.0557. The summed E-state index contributed by atoms with van der Waals surface area (Å²) in [7, 11) is 0. The van der Waals surface area contributed by atoms with Gasteiger partial charge in [0.2, 0.25) is 0 Å². The summed E-state index contributed by atoms with van der Waals surface area (Å²) in [6.45, 7) is 2.85. The molecular formula is C13H19NO2. The van der Waals surface area contributed by atoms with E-state index in [0.29, 0.717) is 0 Å². The average Bonchev–Trinajstić information content (AvgIpc) is 2.30. The molecule has 1 saturated carbocycles. The maximum atomic E-state index is 5.90. The van der Waals surface area contributed by atoms with Crippen LogP contribution in [0.25, 0.3) is 0 Å². The highest BCUT2D eigenvalue weighted by Gasteiger charge is 2.41. The molecule has 2 N–H and O–H groups in total. The van der Waals surface area contributed by atoms with Crippen LogP contribution in [0.4, 0.5) is 0 Å². The van der Waals surface area contributed by atoms with Crippen molar-refractivity contribution in [2.45, 2.75) is 38.0 Å². The Morgan fingerprint density at radius 2 is 2.06 bits per heavy atom. The lowest BCUT2D eigenvalue weighted by atomic mass is 9.86. The summed E-state index contributed by atoms with van der Waals surface area (Å²) in [5.41, 5.74) is 5.90. The number of hydrogen-bond donors (Lipinski definition) is 1. The SMILES string of the molecule is CCCOC1C(N)CC1Oc1ccccc1. The Balaban J connectivity index is 1.86. The van der Waals surface area contributed by atoms with E-state index >= 15 is 0 Å². The molecular weight excluding hydrogens is 202 g/mol. The van der Waals surface area contributed by atoms with Crippen LogP contribution in [0.3, 0.4) is 0 Å². The van der Waals surface area contributed by atoms with Gasteiger partial charge >= 0.3 is 0 Å². The molecule has 2 rings (SSSR count). The van der Waals surface area contributed by atoms with E-state index in [9.17, 15) is 0 Å². The van der Waals surface area contributed by atoms with Gasteiger partial charge in [0.25, 0.3) is 0 Å². The Morgan fingerprint density at radius 1 is 1.31 bits per heavy atom. The first-order chi connectivity index (χ1) is 7.81. The molecule has 0 aromatic heterocycles. The summed E-state index contributed by atoms with van der Waals surface area (Å²) >= 11 is 0. The van der Waals surface area contributed by atoms with Gasteiger partial charge in [-0.3, -0.25) is 0 Å². The zero-order valence-corrected chi connectivity index (χ0v) is 9.63. The minimum Gasteiger partial charge on any atom is -0.488 e. The predicted octanol–water partition coefficient (Wildman–Crippen LogP) is 1.96. The van der Waals surface area contributed by atoms with Gasteiger partial charge in [-0.15, -0.1) is 0 Å². The highest BCUT2D eigenvalue weighted by atomic mass is 16.5. The number of rotatable bonds is 5. The van der Waals surface area contributed by atoms with Crippen LogP contribution in [0.1, 0.15) is 19.8 Å². The fraction of sp³-hybridized carbons (Fsp3) is 0.538. The van der Waals surface area contributed by atoms with Crippen LogP contribution in [0.5, 0.6) is 5.75 Å². The zero-order valence-electron chi connectivity index (χ0n) is 9.63. The molecule has 16 heavy (non-hydrogen) atoms. The Labute approximate surface area is 96.5 Å². The molecule has 0 heterocycles. The second kappa shape index (κ2) is 5.32. The molecule has 1 aromatic rings. The van der Waals surface area contributed by atoms with Gasteiger partial charge in [-0.2, -0.15) is 0 Å². The molecule has 88 valence electrons. The lowest BCUT2D eigenvalue weighted by Crippen LogP contribution is -2.59. The normalized spacial score (nSPS) is 28.5. The highest BCUT2D eigenvalue weighted by molar-refractivity contribution is 5.22. The predicted molar refractivity (Wildman–Crippen MR) is 63.5 cm³/mol. The second-order valence-electron chi connectivity index (χ2n) is 4.20. The molecule has 0 saturated heterocycles. The van der Waals surface area contributed by atoms with Crippen LogP contribution in [-0.4, -0.2) is 24.9 Å². The van der Waals surface area contributed by atoms with E-state index in [0.717, 1.165) is 25.2 Å². The van der Waals surface area contributed by atoms with E-state index in [-0.39, 0.29) is 18.2 Å². The summed E-state index contributed by atoms with van der Waals surface area (Å²) < 4.78 is 11.5. The summed E-state index contributed by atoms with van der Waals surface area (Å²) in [6, 6.07) is 9.96. The molecule has 3 unspecified atom stereocenters. The third-order valence-electron chi connectivity index (χ3n) is 2.84. The van der Waals surface area contributed by atoms with Gasteiger partial charge < -0.3 is 15.2 Å². The lowest BCUT2D eigenvalue weighted by Gasteiger charge is -2.41. The van der Waals surface area contributed by atoms with E-state index in [2.05, 4.69) is 6.92 Å². The Bertz CT molecular complexity index is 315. The fourth-order valence-electron chi connectivity index (χ4n) is 1.89. The summed E-state index contributed by atoms with van der Waals surface area (Å²) in [6.07, 6.45) is 2.06. The van der Waals surface area contributed by atoms with E-state index in [1.54, 1.807) is 0 Å². The first kappa shape index (κ1) is 11.4. The van der Waals surface area contributed by atoms with Crippen LogP contribution in [-0.2, 0) is 4.74 Å². The number of para-hydroxylation sites is 1. The molecule has 1 aliphatic carbocycles. The standard InChI is InChI=1S/C13H19NO2/c1-2-8-15-13-11(14)9-12(13)16-10-6-4-3-5-7-10/h3-7,11-13H,2,8-9,14H2,1H3. The van der Waals surface area contributed by atoms with E-state index in [1.807, 2.05) is 30.3 Å². The summed E-state index contributed by atoms with van der Waals surface area (Å²) in [5.74, 6) is 0.893. The number of hydrogen-bond acceptors (Lipinski definition) is 3. The minimum absolute atomic E-state index is 0.0557. The van der Waals surface area contributed by atoms with Gasteiger partial charge in [0.15, 0.2) is 0 Å². The third kappa shape index (κ3) is 2.54. The van der Waals surface area contributed by atoms with E-state index < -0.39 is 0 Å². The van der Waals surface area contributed by atoms with Crippen molar-refractivity contribution in [3.05, 3.63) is 30.3 Å². The molecule has 1 fully saturated rings. The first-order valence-corrected chi connectivity index (χ1v) is 5.90. The smallest absolute Gasteiger partial charge is 0.128 e. The Kier molecular flexibility index (Phi) is 3.80. The van der Waals surface area contributed by atoms with Gasteiger partial charge in [0.05, 0.1) is 0 Å². The van der Waals surface area contributed by atoms with Crippen molar-refractivity contribution in [3.8, 4) is 5.75 Å². The number of nitrogens with two attached hydrogens (primary N) is 1. The second-order valence-corrected chi connectivity index (χ2v) is 4.20. The average molecular weight is 221 g/mol. The number of benzene rings is 1. The van der Waals surface area contributed by atoms with Crippen LogP contribution in [0, 0.1) is 0 Å². The largest absolute Gasteiger partial charge is 0.488 e. The molecule has 1 aliphatic rings. The lowest BCUT2D eigenvalue weighted by molar-refractivity contribution is -0.0980. The molecule has 3 heteroatoms. The van der Waals surface area contributed by atoms with Gasteiger partial charge in [-0.05, 0) is 18.6 Å². The fourth-order valence-corrected chi connectivity index (χ4v) is 1.89. The van der Waals surface area contributed by atoms with Gasteiger partial charge in [-0.25, -0.2) is 0 Å². The molecule has 0 spiro atoms. The Morgan fingerprint density at radius 3 is 2.69 bits per heavy atom. The van der Waals surface area contributed by atoms with E-state index in [1.165, 1.54) is 0 Å². The van der Waals surface area contributed by atoms with Crippen LogP contribution in [0.15, 0.2) is 30.3 Å². The Hall–Kier alpha value is -1.06. The molecule has 0 aliphatic heterocycles. The topological polar surface area (TPSA) is 44.5 Å². The maximum Gasteiger partial charge on any atom is 0.128 e. The van der Waals surface area contributed by atoms with Crippen molar-refractivity contribution in [2.24, 2.45) is 5.73 Å². The number of ether oxygens (including phenoxy) is 2. The molecule has 0 radical (unpaired) electrons. The summed E-state index contributed by atoms with van der Waals surface area (Å²) in [4.78, 5) is 0. The third-order valence-corrected chi connectivity index (χ3v) is 2.84.